The van der Waals surface area contributed by atoms with Gasteiger partial charge in [0.25, 0.3) is 5.91 Å². The minimum Gasteiger partial charge on any atom is -0.495 e. The number of ether oxygens (including phenoxy) is 1. The largest absolute Gasteiger partial charge is 0.495 e. The molecule has 102 valence electrons. The highest BCUT2D eigenvalue weighted by molar-refractivity contribution is 6.32. The fourth-order valence-electron chi connectivity index (χ4n) is 3.48. The molecular formula is C15H18ClNO2. The molecule has 3 rings (SSSR count). The van der Waals surface area contributed by atoms with E-state index in [0.717, 1.165) is 12.3 Å². The zero-order valence-corrected chi connectivity index (χ0v) is 11.7. The van der Waals surface area contributed by atoms with Gasteiger partial charge in [0.1, 0.15) is 5.75 Å². The maximum Gasteiger partial charge on any atom is 0.251 e. The molecule has 0 aliphatic heterocycles. The van der Waals surface area contributed by atoms with E-state index < -0.39 is 0 Å². The third-order valence-corrected chi connectivity index (χ3v) is 4.76. The summed E-state index contributed by atoms with van der Waals surface area (Å²) in [5, 5.41) is 3.63. The molecule has 19 heavy (non-hydrogen) atoms. The van der Waals surface area contributed by atoms with Gasteiger partial charge in [-0.1, -0.05) is 18.0 Å². The Hall–Kier alpha value is -1.22. The summed E-state index contributed by atoms with van der Waals surface area (Å²) in [6.45, 7) is 0. The van der Waals surface area contributed by atoms with Gasteiger partial charge < -0.3 is 10.1 Å². The molecule has 2 bridgehead atoms. The van der Waals surface area contributed by atoms with Crippen LogP contribution in [0.2, 0.25) is 5.02 Å². The quantitative estimate of drug-likeness (QED) is 0.922. The number of methoxy groups -OCH3 is 1. The molecule has 3 nitrogen and oxygen atoms in total. The molecule has 1 N–H and O–H groups in total. The van der Waals surface area contributed by atoms with Crippen LogP contribution in [-0.4, -0.2) is 19.1 Å². The number of fused-ring (bicyclic) bond motifs is 2. The highest BCUT2D eigenvalue weighted by Crippen LogP contribution is 2.44. The van der Waals surface area contributed by atoms with Crippen molar-refractivity contribution < 1.29 is 9.53 Å². The van der Waals surface area contributed by atoms with Gasteiger partial charge in [-0.05, 0) is 49.3 Å². The molecule has 2 fully saturated rings. The van der Waals surface area contributed by atoms with Crippen molar-refractivity contribution in [1.82, 2.24) is 5.32 Å². The summed E-state index contributed by atoms with van der Waals surface area (Å²) in [5.41, 5.74) is 0.605. The molecule has 0 radical (unpaired) electrons. The molecule has 0 heterocycles. The topological polar surface area (TPSA) is 38.3 Å². The lowest BCUT2D eigenvalue weighted by atomic mass is 9.95. The SMILES string of the molecule is COc1ccc(C(=O)N[C@H]2C[C@@H]3CC[C@@H]2C3)cc1Cl. The Labute approximate surface area is 118 Å². The average Bonchev–Trinajstić information content (AvgIpc) is 3.00. The van der Waals surface area contributed by atoms with E-state index in [9.17, 15) is 4.79 Å². The van der Waals surface area contributed by atoms with Crippen LogP contribution in [0.5, 0.6) is 5.75 Å². The van der Waals surface area contributed by atoms with Crippen LogP contribution in [0.3, 0.4) is 0 Å². The van der Waals surface area contributed by atoms with Crippen molar-refractivity contribution >= 4 is 17.5 Å². The number of carbonyl (C=O) groups excluding carboxylic acids is 1. The van der Waals surface area contributed by atoms with Crippen molar-refractivity contribution in [2.45, 2.75) is 31.7 Å². The van der Waals surface area contributed by atoms with Gasteiger partial charge in [-0.3, -0.25) is 4.79 Å². The van der Waals surface area contributed by atoms with E-state index >= 15 is 0 Å². The Morgan fingerprint density at radius 1 is 1.37 bits per heavy atom. The first kappa shape index (κ1) is 12.8. The normalized spacial score (nSPS) is 28.4. The van der Waals surface area contributed by atoms with Crippen molar-refractivity contribution in [3.05, 3.63) is 28.8 Å². The summed E-state index contributed by atoms with van der Waals surface area (Å²) >= 11 is 6.05. The highest BCUT2D eigenvalue weighted by atomic mass is 35.5. The molecule has 1 aromatic rings. The molecule has 0 aromatic heterocycles. The molecule has 1 aromatic carbocycles. The summed E-state index contributed by atoms with van der Waals surface area (Å²) in [6.07, 6.45) is 5.03. The maximum atomic E-state index is 12.2. The molecule has 2 aliphatic rings. The van der Waals surface area contributed by atoms with E-state index in [2.05, 4.69) is 5.32 Å². The monoisotopic (exact) mass is 279 g/mol. The fourth-order valence-corrected chi connectivity index (χ4v) is 3.74. The van der Waals surface area contributed by atoms with Crippen LogP contribution in [0.4, 0.5) is 0 Å². The van der Waals surface area contributed by atoms with Gasteiger partial charge in [-0.25, -0.2) is 0 Å². The number of carbonyl (C=O) groups is 1. The number of benzene rings is 1. The van der Waals surface area contributed by atoms with Gasteiger partial charge in [0, 0.05) is 11.6 Å². The predicted molar refractivity (Wildman–Crippen MR) is 74.7 cm³/mol. The van der Waals surface area contributed by atoms with E-state index in [4.69, 9.17) is 16.3 Å². The van der Waals surface area contributed by atoms with Crippen molar-refractivity contribution in [2.75, 3.05) is 7.11 Å². The third-order valence-electron chi connectivity index (χ3n) is 4.47. The van der Waals surface area contributed by atoms with Crippen LogP contribution in [0, 0.1) is 11.8 Å². The lowest BCUT2D eigenvalue weighted by Gasteiger charge is -2.23. The second kappa shape index (κ2) is 5.04. The van der Waals surface area contributed by atoms with E-state index in [1.165, 1.54) is 19.3 Å². The van der Waals surface area contributed by atoms with Gasteiger partial charge in [-0.2, -0.15) is 0 Å². The van der Waals surface area contributed by atoms with Crippen LogP contribution >= 0.6 is 11.6 Å². The Morgan fingerprint density at radius 2 is 2.21 bits per heavy atom. The zero-order valence-electron chi connectivity index (χ0n) is 11.0. The van der Waals surface area contributed by atoms with Crippen LogP contribution < -0.4 is 10.1 Å². The number of hydrogen-bond donors (Lipinski definition) is 1. The van der Waals surface area contributed by atoms with Gasteiger partial charge >= 0.3 is 0 Å². The van der Waals surface area contributed by atoms with E-state index in [1.807, 2.05) is 0 Å². The Balaban J connectivity index is 1.69. The minimum atomic E-state index is -0.0258. The summed E-state index contributed by atoms with van der Waals surface area (Å²) in [4.78, 5) is 12.2. The van der Waals surface area contributed by atoms with Crippen LogP contribution in [0.1, 0.15) is 36.0 Å². The first-order valence-electron chi connectivity index (χ1n) is 6.82. The van der Waals surface area contributed by atoms with E-state index in [-0.39, 0.29) is 5.91 Å². The van der Waals surface area contributed by atoms with Crippen molar-refractivity contribution in [3.8, 4) is 5.75 Å². The van der Waals surface area contributed by atoms with Crippen molar-refractivity contribution in [2.24, 2.45) is 11.8 Å². The van der Waals surface area contributed by atoms with Gasteiger partial charge in [0.2, 0.25) is 0 Å². The van der Waals surface area contributed by atoms with Gasteiger partial charge in [0.05, 0.1) is 12.1 Å². The van der Waals surface area contributed by atoms with Crippen LogP contribution in [0.25, 0.3) is 0 Å². The Morgan fingerprint density at radius 3 is 2.79 bits per heavy atom. The number of nitrogens with one attached hydrogen (secondary N) is 1. The summed E-state index contributed by atoms with van der Waals surface area (Å²) in [6, 6.07) is 5.51. The molecule has 1 amide bonds. The Kier molecular flexibility index (Phi) is 3.40. The lowest BCUT2D eigenvalue weighted by molar-refractivity contribution is 0.0923. The molecule has 0 saturated heterocycles. The van der Waals surface area contributed by atoms with Gasteiger partial charge in [-0.15, -0.1) is 0 Å². The fraction of sp³-hybridized carbons (Fsp3) is 0.533. The number of amides is 1. The molecule has 2 aliphatic carbocycles. The molecular weight excluding hydrogens is 262 g/mol. The third kappa shape index (κ3) is 2.44. The Bertz CT molecular complexity index is 503. The van der Waals surface area contributed by atoms with Crippen molar-refractivity contribution in [3.63, 3.8) is 0 Å². The van der Waals surface area contributed by atoms with E-state index in [0.29, 0.717) is 28.3 Å². The summed E-state index contributed by atoms with van der Waals surface area (Å²) in [7, 11) is 1.57. The highest BCUT2D eigenvalue weighted by Gasteiger charge is 2.40. The van der Waals surface area contributed by atoms with E-state index in [1.54, 1.807) is 25.3 Å². The first-order chi connectivity index (χ1) is 9.17. The smallest absolute Gasteiger partial charge is 0.251 e. The van der Waals surface area contributed by atoms with Gasteiger partial charge in [0.15, 0.2) is 0 Å². The minimum absolute atomic E-state index is 0.0258. The first-order valence-corrected chi connectivity index (χ1v) is 7.19. The number of halogens is 1. The summed E-state index contributed by atoms with van der Waals surface area (Å²) < 4.78 is 5.09. The maximum absolute atomic E-state index is 12.2. The summed E-state index contributed by atoms with van der Waals surface area (Å²) in [5.74, 6) is 2.08. The lowest BCUT2D eigenvalue weighted by Crippen LogP contribution is -2.38. The second-order valence-electron chi connectivity index (χ2n) is 5.60. The molecule has 0 unspecified atom stereocenters. The van der Waals surface area contributed by atoms with Crippen LogP contribution in [0.15, 0.2) is 18.2 Å². The number of rotatable bonds is 3. The average molecular weight is 280 g/mol. The van der Waals surface area contributed by atoms with Crippen LogP contribution in [-0.2, 0) is 0 Å². The second-order valence-corrected chi connectivity index (χ2v) is 6.01. The standard InChI is InChI=1S/C15H18ClNO2/c1-19-14-5-4-11(8-12(14)16)15(18)17-13-7-9-2-3-10(13)6-9/h4-5,8-10,13H,2-3,6-7H2,1H3,(H,17,18)/t9-,10-,13+/m1/s1. The molecule has 4 heteroatoms. The zero-order chi connectivity index (χ0) is 13.4. The predicted octanol–water partition coefficient (Wildman–Crippen LogP) is 3.27. The molecule has 0 spiro atoms. The van der Waals surface area contributed by atoms with Crippen molar-refractivity contribution in [1.29, 1.82) is 0 Å². The molecule has 3 atom stereocenters. The molecule has 2 saturated carbocycles. The number of hydrogen-bond acceptors (Lipinski definition) is 2.